The molecule has 1 aromatic carbocycles. The molecule has 0 radical (unpaired) electrons. The molecule has 0 saturated carbocycles. The number of halogens is 1. The summed E-state index contributed by atoms with van der Waals surface area (Å²) >= 11 is 0. The van der Waals surface area contributed by atoms with Crippen LogP contribution in [0.3, 0.4) is 0 Å². The zero-order valence-electron chi connectivity index (χ0n) is 13.9. The average molecular weight is 370 g/mol. The predicted octanol–water partition coefficient (Wildman–Crippen LogP) is 2.44. The average Bonchev–Trinajstić information content (AvgIpc) is 3.09. The monoisotopic (exact) mass is 369 g/mol. The van der Waals surface area contributed by atoms with E-state index < -0.39 is 10.0 Å². The molecule has 1 atom stereocenters. The molecular formula is C17H24ClN3O2S. The number of hydrogen-bond donors (Lipinski definition) is 1. The fraction of sp³-hybridized carbons (Fsp3) is 0.588. The lowest BCUT2D eigenvalue weighted by Gasteiger charge is -2.34. The first-order chi connectivity index (χ1) is 11.0. The summed E-state index contributed by atoms with van der Waals surface area (Å²) in [7, 11) is -3.46. The highest BCUT2D eigenvalue weighted by Crippen LogP contribution is 2.29. The minimum Gasteiger partial charge on any atom is -0.314 e. The van der Waals surface area contributed by atoms with Crippen LogP contribution in [0, 0.1) is 24.2 Å². The topological polar surface area (TPSA) is 73.2 Å². The summed E-state index contributed by atoms with van der Waals surface area (Å²) in [6.07, 6.45) is 4.29. The first-order valence-electron chi connectivity index (χ1n) is 8.26. The third kappa shape index (κ3) is 3.75. The molecule has 0 amide bonds. The molecule has 0 aromatic heterocycles. The van der Waals surface area contributed by atoms with Gasteiger partial charge >= 0.3 is 0 Å². The maximum atomic E-state index is 12.9. The van der Waals surface area contributed by atoms with E-state index in [1.807, 2.05) is 6.07 Å². The Hall–Kier alpha value is -1.13. The smallest absolute Gasteiger partial charge is 0.243 e. The van der Waals surface area contributed by atoms with Crippen molar-refractivity contribution < 1.29 is 8.42 Å². The predicted molar refractivity (Wildman–Crippen MR) is 95.6 cm³/mol. The second kappa shape index (κ2) is 7.83. The molecule has 3 rings (SSSR count). The van der Waals surface area contributed by atoms with Gasteiger partial charge in [0.25, 0.3) is 0 Å². The molecule has 2 heterocycles. The van der Waals surface area contributed by atoms with Crippen molar-refractivity contribution in [2.75, 3.05) is 19.6 Å². The van der Waals surface area contributed by atoms with Crippen LogP contribution in [0.15, 0.2) is 23.1 Å². The zero-order chi connectivity index (χ0) is 16.4. The fourth-order valence-corrected chi connectivity index (χ4v) is 5.46. The van der Waals surface area contributed by atoms with Gasteiger partial charge in [0, 0.05) is 19.1 Å². The number of sulfonamides is 1. The van der Waals surface area contributed by atoms with Crippen LogP contribution in [0.1, 0.15) is 36.8 Å². The largest absolute Gasteiger partial charge is 0.314 e. The number of nitrogens with one attached hydrogen (secondary N) is 1. The number of hydrogen-bond acceptors (Lipinski definition) is 4. The summed E-state index contributed by atoms with van der Waals surface area (Å²) in [5.41, 5.74) is 1.14. The van der Waals surface area contributed by atoms with Gasteiger partial charge in [-0.15, -0.1) is 12.4 Å². The summed E-state index contributed by atoms with van der Waals surface area (Å²) in [5.74, 6) is 0.589. The van der Waals surface area contributed by atoms with E-state index in [9.17, 15) is 8.42 Å². The quantitative estimate of drug-likeness (QED) is 0.888. The SMILES string of the molecule is Cc1cc(C#N)ccc1S(=O)(=O)N1CCC(C2CCCN2)CC1.Cl. The first-order valence-corrected chi connectivity index (χ1v) is 9.70. The Morgan fingerprint density at radius 3 is 2.50 bits per heavy atom. The van der Waals surface area contributed by atoms with Crippen LogP contribution in [0.5, 0.6) is 0 Å². The van der Waals surface area contributed by atoms with Gasteiger partial charge < -0.3 is 5.32 Å². The maximum absolute atomic E-state index is 12.9. The Morgan fingerprint density at radius 1 is 1.25 bits per heavy atom. The van der Waals surface area contributed by atoms with Crippen molar-refractivity contribution in [2.24, 2.45) is 5.92 Å². The van der Waals surface area contributed by atoms with Crippen molar-refractivity contribution in [3.05, 3.63) is 29.3 Å². The van der Waals surface area contributed by atoms with Gasteiger partial charge in [-0.2, -0.15) is 9.57 Å². The van der Waals surface area contributed by atoms with E-state index in [1.165, 1.54) is 12.8 Å². The lowest BCUT2D eigenvalue weighted by atomic mass is 9.89. The van der Waals surface area contributed by atoms with E-state index in [-0.39, 0.29) is 12.4 Å². The van der Waals surface area contributed by atoms with Gasteiger partial charge in [-0.05, 0) is 68.8 Å². The molecule has 0 spiro atoms. The fourth-order valence-electron chi connectivity index (χ4n) is 3.78. The minimum absolute atomic E-state index is 0. The van der Waals surface area contributed by atoms with Crippen molar-refractivity contribution in [1.82, 2.24) is 9.62 Å². The summed E-state index contributed by atoms with van der Waals surface area (Å²) in [6, 6.07) is 7.40. The Bertz CT molecular complexity index is 716. The molecule has 0 aliphatic carbocycles. The van der Waals surface area contributed by atoms with Crippen LogP contribution in [0.4, 0.5) is 0 Å². The van der Waals surface area contributed by atoms with Gasteiger partial charge in [0.1, 0.15) is 0 Å². The Labute approximate surface area is 150 Å². The van der Waals surface area contributed by atoms with Crippen LogP contribution in [0.25, 0.3) is 0 Å². The molecule has 132 valence electrons. The second-order valence-corrected chi connectivity index (χ2v) is 8.44. The number of rotatable bonds is 3. The van der Waals surface area contributed by atoms with Crippen molar-refractivity contribution in [1.29, 1.82) is 5.26 Å². The first kappa shape index (κ1) is 19.2. The molecule has 2 fully saturated rings. The molecule has 24 heavy (non-hydrogen) atoms. The van der Waals surface area contributed by atoms with Crippen LogP contribution < -0.4 is 5.32 Å². The third-order valence-corrected chi connectivity index (χ3v) is 7.15. The molecular weight excluding hydrogens is 346 g/mol. The third-order valence-electron chi connectivity index (χ3n) is 5.09. The summed E-state index contributed by atoms with van der Waals surface area (Å²) in [5, 5.41) is 12.5. The van der Waals surface area contributed by atoms with Gasteiger partial charge in [-0.1, -0.05) is 0 Å². The van der Waals surface area contributed by atoms with Crippen molar-refractivity contribution in [3.63, 3.8) is 0 Å². The highest BCUT2D eigenvalue weighted by Gasteiger charge is 2.33. The van der Waals surface area contributed by atoms with Gasteiger partial charge in [-0.3, -0.25) is 0 Å². The number of nitriles is 1. The molecule has 2 aliphatic heterocycles. The Morgan fingerprint density at radius 2 is 1.96 bits per heavy atom. The van der Waals surface area contributed by atoms with Gasteiger partial charge in [0.2, 0.25) is 10.0 Å². The Kier molecular flexibility index (Phi) is 6.27. The number of nitrogens with zero attached hydrogens (tertiary/aromatic N) is 2. The molecule has 1 aromatic rings. The van der Waals surface area contributed by atoms with Gasteiger partial charge in [0.15, 0.2) is 0 Å². The van der Waals surface area contributed by atoms with E-state index in [0.717, 1.165) is 19.4 Å². The van der Waals surface area contributed by atoms with Gasteiger partial charge in [0.05, 0.1) is 16.5 Å². The van der Waals surface area contributed by atoms with E-state index in [4.69, 9.17) is 5.26 Å². The standard InChI is InChI=1S/C17H23N3O2S.ClH/c1-13-11-14(12-18)4-5-17(13)23(21,22)20-9-6-15(7-10-20)16-3-2-8-19-16;/h4-5,11,15-16,19H,2-3,6-10H2,1H3;1H. The number of piperidine rings is 1. The van der Waals surface area contributed by atoms with Gasteiger partial charge in [-0.25, -0.2) is 8.42 Å². The van der Waals surface area contributed by atoms with E-state index in [1.54, 1.807) is 29.4 Å². The van der Waals surface area contributed by atoms with Crippen LogP contribution >= 0.6 is 12.4 Å². The zero-order valence-corrected chi connectivity index (χ0v) is 15.5. The molecule has 0 bridgehead atoms. The lowest BCUT2D eigenvalue weighted by Crippen LogP contribution is -2.43. The molecule has 1 unspecified atom stereocenters. The molecule has 1 N–H and O–H groups in total. The van der Waals surface area contributed by atoms with Crippen molar-refractivity contribution >= 4 is 22.4 Å². The normalized spacial score (nSPS) is 22.8. The highest BCUT2D eigenvalue weighted by atomic mass is 35.5. The maximum Gasteiger partial charge on any atom is 0.243 e. The second-order valence-electron chi connectivity index (χ2n) is 6.54. The highest BCUT2D eigenvalue weighted by molar-refractivity contribution is 7.89. The number of aryl methyl sites for hydroxylation is 1. The summed E-state index contributed by atoms with van der Waals surface area (Å²) in [4.78, 5) is 0.328. The van der Waals surface area contributed by atoms with Crippen LogP contribution in [-0.2, 0) is 10.0 Å². The minimum atomic E-state index is -3.46. The Balaban J connectivity index is 0.00000208. The molecule has 5 nitrogen and oxygen atoms in total. The molecule has 2 aliphatic rings. The van der Waals surface area contributed by atoms with Crippen LogP contribution in [-0.4, -0.2) is 38.4 Å². The molecule has 7 heteroatoms. The van der Waals surface area contributed by atoms with Crippen molar-refractivity contribution in [2.45, 2.75) is 43.5 Å². The molecule has 2 saturated heterocycles. The lowest BCUT2D eigenvalue weighted by molar-refractivity contribution is 0.234. The van der Waals surface area contributed by atoms with E-state index in [2.05, 4.69) is 5.32 Å². The van der Waals surface area contributed by atoms with Crippen molar-refractivity contribution in [3.8, 4) is 6.07 Å². The van der Waals surface area contributed by atoms with E-state index >= 15 is 0 Å². The summed E-state index contributed by atoms with van der Waals surface area (Å²) in [6.45, 7) is 4.02. The van der Waals surface area contributed by atoms with Crippen LogP contribution in [0.2, 0.25) is 0 Å². The number of benzene rings is 1. The van der Waals surface area contributed by atoms with E-state index in [0.29, 0.717) is 41.1 Å². The summed E-state index contributed by atoms with van der Waals surface area (Å²) < 4.78 is 27.3.